The van der Waals surface area contributed by atoms with Gasteiger partial charge in [-0.25, -0.2) is 0 Å². The van der Waals surface area contributed by atoms with Crippen LogP contribution in [-0.4, -0.2) is 16.1 Å². The predicted octanol–water partition coefficient (Wildman–Crippen LogP) is 0.953. The maximum Gasteiger partial charge on any atom is 0.304 e. The van der Waals surface area contributed by atoms with Gasteiger partial charge in [-0.05, 0) is 0 Å². The molecular weight excluding hydrogens is 170 g/mol. The third kappa shape index (κ3) is 2.74. The molecule has 0 saturated carbocycles. The first-order valence-corrected chi connectivity index (χ1v) is 4.00. The molecule has 0 aliphatic heterocycles. The van der Waals surface area contributed by atoms with E-state index < -0.39 is 5.97 Å². The number of carbonyl (C=O) groups is 1. The molecule has 70 valence electrons. The number of hydrogen-bond acceptors (Lipinski definition) is 2. The van der Waals surface area contributed by atoms with Gasteiger partial charge in [-0.15, -0.1) is 0 Å². The van der Waals surface area contributed by atoms with Crippen LogP contribution < -0.4 is 5.43 Å². The van der Waals surface area contributed by atoms with Crippen LogP contribution in [0.5, 0.6) is 0 Å². The molecule has 0 radical (unpaired) electrons. The molecule has 0 bridgehead atoms. The van der Waals surface area contributed by atoms with Crippen LogP contribution >= 0.6 is 0 Å². The van der Waals surface area contributed by atoms with Crippen LogP contribution in [0.2, 0.25) is 0 Å². The van der Waals surface area contributed by atoms with E-state index in [1.807, 2.05) is 0 Å². The Kier molecular flexibility index (Phi) is 2.84. The highest BCUT2D eigenvalue weighted by molar-refractivity contribution is 5.67. The van der Waals surface area contributed by atoms with Gasteiger partial charge in [-0.1, -0.05) is 6.92 Å². The predicted molar refractivity (Wildman–Crippen MR) is 47.7 cm³/mol. The van der Waals surface area contributed by atoms with Gasteiger partial charge in [0.2, 0.25) is 0 Å². The zero-order chi connectivity index (χ0) is 9.84. The summed E-state index contributed by atoms with van der Waals surface area (Å²) in [6, 6.07) is 2.82. The number of rotatable bonds is 3. The highest BCUT2D eigenvalue weighted by Crippen LogP contribution is 2.14. The van der Waals surface area contributed by atoms with E-state index in [1.165, 1.54) is 18.3 Å². The number of H-pyrrole nitrogens is 1. The van der Waals surface area contributed by atoms with Gasteiger partial charge in [0.1, 0.15) is 0 Å². The average Bonchev–Trinajstić information content (AvgIpc) is 2.03. The highest BCUT2D eigenvalue weighted by Gasteiger charge is 2.10. The van der Waals surface area contributed by atoms with Crippen molar-refractivity contribution in [3.63, 3.8) is 0 Å². The van der Waals surface area contributed by atoms with Gasteiger partial charge in [0.25, 0.3) is 0 Å². The minimum atomic E-state index is -0.864. The van der Waals surface area contributed by atoms with Crippen LogP contribution in [0.25, 0.3) is 0 Å². The van der Waals surface area contributed by atoms with Crippen LogP contribution in [0.3, 0.4) is 0 Å². The van der Waals surface area contributed by atoms with E-state index in [0.29, 0.717) is 5.69 Å². The Balaban J connectivity index is 2.82. The maximum absolute atomic E-state index is 10.9. The Bertz CT molecular complexity index is 356. The van der Waals surface area contributed by atoms with Crippen LogP contribution in [0, 0.1) is 0 Å². The largest absolute Gasteiger partial charge is 0.481 e. The van der Waals surface area contributed by atoms with Gasteiger partial charge < -0.3 is 10.1 Å². The molecular formula is C9H11NO3. The van der Waals surface area contributed by atoms with E-state index in [4.69, 9.17) is 5.11 Å². The van der Waals surface area contributed by atoms with Crippen molar-refractivity contribution < 1.29 is 9.90 Å². The number of carboxylic acids is 1. The molecule has 0 aliphatic carbocycles. The quantitative estimate of drug-likeness (QED) is 0.729. The molecule has 1 rings (SSSR count). The van der Waals surface area contributed by atoms with Gasteiger partial charge in [0.15, 0.2) is 5.43 Å². The summed E-state index contributed by atoms with van der Waals surface area (Å²) in [6.45, 7) is 1.76. The first kappa shape index (κ1) is 9.51. The zero-order valence-corrected chi connectivity index (χ0v) is 7.28. The first-order chi connectivity index (χ1) is 6.09. The number of nitrogens with one attached hydrogen (secondary N) is 1. The van der Waals surface area contributed by atoms with E-state index in [-0.39, 0.29) is 17.8 Å². The summed E-state index contributed by atoms with van der Waals surface area (Å²) in [5, 5.41) is 8.52. The Morgan fingerprint density at radius 3 is 2.92 bits per heavy atom. The SMILES string of the molecule is CC(CC(=O)O)c1cc(=O)cc[nH]1. The molecule has 0 fully saturated rings. The fourth-order valence-electron chi connectivity index (χ4n) is 1.12. The maximum atomic E-state index is 10.9. The van der Waals surface area contributed by atoms with E-state index in [1.54, 1.807) is 6.92 Å². The summed E-state index contributed by atoms with van der Waals surface area (Å²) in [4.78, 5) is 24.1. The Labute approximate surface area is 75.2 Å². The lowest BCUT2D eigenvalue weighted by Crippen LogP contribution is -2.08. The summed E-state index contributed by atoms with van der Waals surface area (Å²) >= 11 is 0. The third-order valence-corrected chi connectivity index (χ3v) is 1.81. The average molecular weight is 181 g/mol. The molecule has 2 N–H and O–H groups in total. The van der Waals surface area contributed by atoms with E-state index in [0.717, 1.165) is 0 Å². The molecule has 0 spiro atoms. The minimum Gasteiger partial charge on any atom is -0.481 e. The van der Waals surface area contributed by atoms with E-state index in [9.17, 15) is 9.59 Å². The fourth-order valence-corrected chi connectivity index (χ4v) is 1.12. The van der Waals surface area contributed by atoms with Crippen LogP contribution in [-0.2, 0) is 4.79 Å². The fraction of sp³-hybridized carbons (Fsp3) is 0.333. The van der Waals surface area contributed by atoms with E-state index >= 15 is 0 Å². The highest BCUT2D eigenvalue weighted by atomic mass is 16.4. The standard InChI is InChI=1S/C9H11NO3/c1-6(4-9(12)13)8-5-7(11)2-3-10-8/h2-3,5-6H,4H2,1H3,(H,10,11)(H,12,13). The molecule has 0 aliphatic rings. The Hall–Kier alpha value is -1.58. The topological polar surface area (TPSA) is 70.2 Å². The van der Waals surface area contributed by atoms with Gasteiger partial charge in [-0.2, -0.15) is 0 Å². The van der Waals surface area contributed by atoms with Crippen molar-refractivity contribution in [1.82, 2.24) is 4.98 Å². The molecule has 1 heterocycles. The van der Waals surface area contributed by atoms with Crippen LogP contribution in [0.1, 0.15) is 25.0 Å². The molecule has 1 aromatic rings. The van der Waals surface area contributed by atoms with Crippen molar-refractivity contribution in [2.75, 3.05) is 0 Å². The molecule has 13 heavy (non-hydrogen) atoms. The van der Waals surface area contributed by atoms with Crippen molar-refractivity contribution in [3.8, 4) is 0 Å². The lowest BCUT2D eigenvalue weighted by molar-refractivity contribution is -0.137. The molecule has 1 aromatic heterocycles. The molecule has 4 nitrogen and oxygen atoms in total. The lowest BCUT2D eigenvalue weighted by atomic mass is 10.0. The zero-order valence-electron chi connectivity index (χ0n) is 7.28. The number of hydrogen-bond donors (Lipinski definition) is 2. The number of carboxylic acid groups (broad SMARTS) is 1. The van der Waals surface area contributed by atoms with Crippen molar-refractivity contribution in [1.29, 1.82) is 0 Å². The van der Waals surface area contributed by atoms with Crippen molar-refractivity contribution in [2.45, 2.75) is 19.3 Å². The van der Waals surface area contributed by atoms with Crippen molar-refractivity contribution >= 4 is 5.97 Å². The molecule has 0 aromatic carbocycles. The normalized spacial score (nSPS) is 12.4. The summed E-state index contributed by atoms with van der Waals surface area (Å²) in [6.07, 6.45) is 1.55. The van der Waals surface area contributed by atoms with Gasteiger partial charge in [0.05, 0.1) is 6.42 Å². The summed E-state index contributed by atoms with van der Waals surface area (Å²) in [5.41, 5.74) is 0.556. The molecule has 4 heteroatoms. The second-order valence-corrected chi connectivity index (χ2v) is 2.98. The van der Waals surface area contributed by atoms with Gasteiger partial charge in [0, 0.05) is 29.9 Å². The number of aromatic nitrogens is 1. The summed E-state index contributed by atoms with van der Waals surface area (Å²) in [5.74, 6) is -1.02. The van der Waals surface area contributed by atoms with E-state index in [2.05, 4.69) is 4.98 Å². The minimum absolute atomic E-state index is 0.0277. The van der Waals surface area contributed by atoms with Crippen LogP contribution in [0.15, 0.2) is 23.1 Å². The smallest absolute Gasteiger partial charge is 0.304 e. The third-order valence-electron chi connectivity index (χ3n) is 1.81. The molecule has 1 atom stereocenters. The Morgan fingerprint density at radius 2 is 2.38 bits per heavy atom. The second-order valence-electron chi connectivity index (χ2n) is 2.98. The monoisotopic (exact) mass is 181 g/mol. The summed E-state index contributed by atoms with van der Waals surface area (Å²) < 4.78 is 0. The van der Waals surface area contributed by atoms with Crippen LogP contribution in [0.4, 0.5) is 0 Å². The van der Waals surface area contributed by atoms with Crippen molar-refractivity contribution in [2.24, 2.45) is 0 Å². The summed E-state index contributed by atoms with van der Waals surface area (Å²) in [7, 11) is 0. The van der Waals surface area contributed by atoms with Gasteiger partial charge in [-0.3, -0.25) is 9.59 Å². The van der Waals surface area contributed by atoms with Gasteiger partial charge >= 0.3 is 5.97 Å². The number of pyridine rings is 1. The number of aromatic amines is 1. The number of aliphatic carboxylic acids is 1. The lowest BCUT2D eigenvalue weighted by Gasteiger charge is -2.07. The molecule has 0 saturated heterocycles. The molecule has 1 unspecified atom stereocenters. The van der Waals surface area contributed by atoms with Crippen molar-refractivity contribution in [3.05, 3.63) is 34.2 Å². The second kappa shape index (κ2) is 3.89. The first-order valence-electron chi connectivity index (χ1n) is 4.00. The molecule has 0 amide bonds. The Morgan fingerprint density at radius 1 is 1.69 bits per heavy atom.